The number of nitrogens with zero attached hydrogens (tertiary/aromatic N) is 4. The predicted molar refractivity (Wildman–Crippen MR) is 88.3 cm³/mol. The van der Waals surface area contributed by atoms with E-state index >= 15 is 0 Å². The van der Waals surface area contributed by atoms with Crippen LogP contribution in [0.15, 0.2) is 36.8 Å². The third kappa shape index (κ3) is 3.24. The first-order chi connectivity index (χ1) is 11.4. The van der Waals surface area contributed by atoms with Crippen molar-refractivity contribution in [2.75, 3.05) is 13.2 Å². The molecule has 0 N–H and O–H groups in total. The maximum absolute atomic E-state index is 5.84. The molecular weight excluding hydrogens is 288 g/mol. The predicted octanol–water partition coefficient (Wildman–Crippen LogP) is 3.05. The number of ether oxygens (including phenoxy) is 1. The molecule has 3 heterocycles. The zero-order chi connectivity index (χ0) is 15.5. The Morgan fingerprint density at radius 3 is 2.91 bits per heavy atom. The van der Waals surface area contributed by atoms with Gasteiger partial charge in [0, 0.05) is 37.9 Å². The van der Waals surface area contributed by atoms with Gasteiger partial charge in [-0.05, 0) is 31.0 Å². The van der Waals surface area contributed by atoms with Crippen molar-refractivity contribution in [1.82, 2.24) is 19.7 Å². The van der Waals surface area contributed by atoms with Crippen LogP contribution in [0.5, 0.6) is 5.75 Å². The van der Waals surface area contributed by atoms with E-state index in [1.54, 1.807) is 12.4 Å². The van der Waals surface area contributed by atoms with Crippen LogP contribution in [0.4, 0.5) is 0 Å². The quantitative estimate of drug-likeness (QED) is 0.851. The fourth-order valence-corrected chi connectivity index (χ4v) is 3.92. The van der Waals surface area contributed by atoms with Crippen molar-refractivity contribution in [3.63, 3.8) is 0 Å². The van der Waals surface area contributed by atoms with Crippen LogP contribution in [0.1, 0.15) is 43.8 Å². The third-order valence-corrected chi connectivity index (χ3v) is 5.10. The molecule has 0 bridgehead atoms. The van der Waals surface area contributed by atoms with E-state index in [1.807, 2.05) is 18.3 Å². The zero-order valence-electron chi connectivity index (χ0n) is 13.5. The van der Waals surface area contributed by atoms with Gasteiger partial charge in [0.1, 0.15) is 5.75 Å². The summed E-state index contributed by atoms with van der Waals surface area (Å²) in [4.78, 5) is 6.76. The monoisotopic (exact) mass is 312 g/mol. The smallest absolute Gasteiger partial charge is 0.137 e. The lowest BCUT2D eigenvalue weighted by Gasteiger charge is -2.37. The van der Waals surface area contributed by atoms with Crippen molar-refractivity contribution < 1.29 is 4.74 Å². The molecule has 1 saturated carbocycles. The Morgan fingerprint density at radius 1 is 1.17 bits per heavy atom. The lowest BCUT2D eigenvalue weighted by molar-refractivity contribution is 0.112. The van der Waals surface area contributed by atoms with Gasteiger partial charge in [-0.15, -0.1) is 0 Å². The summed E-state index contributed by atoms with van der Waals surface area (Å²) in [6.07, 6.45) is 11.9. The molecule has 2 aromatic rings. The van der Waals surface area contributed by atoms with Gasteiger partial charge < -0.3 is 4.74 Å². The van der Waals surface area contributed by atoms with E-state index in [0.29, 0.717) is 12.6 Å². The van der Waals surface area contributed by atoms with Gasteiger partial charge in [-0.25, -0.2) is 0 Å². The number of hydrogen-bond acceptors (Lipinski definition) is 4. The van der Waals surface area contributed by atoms with E-state index in [2.05, 4.69) is 25.7 Å². The van der Waals surface area contributed by atoms with Crippen LogP contribution in [0, 0.1) is 0 Å². The van der Waals surface area contributed by atoms with E-state index in [0.717, 1.165) is 31.3 Å². The Hall–Kier alpha value is -1.88. The molecule has 0 radical (unpaired) electrons. The molecule has 1 aliphatic carbocycles. The van der Waals surface area contributed by atoms with Gasteiger partial charge in [-0.2, -0.15) is 5.10 Å². The molecule has 122 valence electrons. The first-order valence-electron chi connectivity index (χ1n) is 8.69. The molecule has 1 atom stereocenters. The summed E-state index contributed by atoms with van der Waals surface area (Å²) in [6, 6.07) is 7.20. The average Bonchev–Trinajstić information content (AvgIpc) is 3.27. The maximum Gasteiger partial charge on any atom is 0.137 e. The SMILES string of the molecule is c1cncc(OCCC2CN(C3CCCC3)Cc3ccnn32)c1. The maximum atomic E-state index is 5.84. The molecule has 0 saturated heterocycles. The van der Waals surface area contributed by atoms with Gasteiger partial charge in [0.15, 0.2) is 0 Å². The molecular formula is C18H24N4O. The second kappa shape index (κ2) is 6.71. The summed E-state index contributed by atoms with van der Waals surface area (Å²) in [5.74, 6) is 0.844. The van der Waals surface area contributed by atoms with Crippen LogP contribution >= 0.6 is 0 Å². The Balaban J connectivity index is 1.40. The molecule has 0 aromatic carbocycles. The third-order valence-electron chi connectivity index (χ3n) is 5.10. The average molecular weight is 312 g/mol. The van der Waals surface area contributed by atoms with Crippen LogP contribution in [0.2, 0.25) is 0 Å². The van der Waals surface area contributed by atoms with Gasteiger partial charge in [0.05, 0.1) is 24.5 Å². The first-order valence-corrected chi connectivity index (χ1v) is 8.69. The number of hydrogen-bond donors (Lipinski definition) is 0. The normalized spacial score (nSPS) is 22.2. The van der Waals surface area contributed by atoms with Crippen molar-refractivity contribution in [2.45, 2.75) is 50.7 Å². The molecule has 5 heteroatoms. The molecule has 0 spiro atoms. The number of rotatable bonds is 5. The van der Waals surface area contributed by atoms with Gasteiger partial charge >= 0.3 is 0 Å². The lowest BCUT2D eigenvalue weighted by atomic mass is 10.1. The summed E-state index contributed by atoms with van der Waals surface area (Å²) < 4.78 is 8.05. The van der Waals surface area contributed by atoms with E-state index in [4.69, 9.17) is 4.74 Å². The number of aromatic nitrogens is 3. The van der Waals surface area contributed by atoms with E-state index in [9.17, 15) is 0 Å². The van der Waals surface area contributed by atoms with Gasteiger partial charge in [-0.3, -0.25) is 14.6 Å². The molecule has 0 amide bonds. The molecule has 1 aliphatic heterocycles. The van der Waals surface area contributed by atoms with Crippen LogP contribution in [-0.4, -0.2) is 38.9 Å². The molecule has 5 nitrogen and oxygen atoms in total. The van der Waals surface area contributed by atoms with Crippen LogP contribution in [0.3, 0.4) is 0 Å². The second-order valence-electron chi connectivity index (χ2n) is 6.61. The van der Waals surface area contributed by atoms with Crippen LogP contribution in [-0.2, 0) is 6.54 Å². The zero-order valence-corrected chi connectivity index (χ0v) is 13.5. The summed E-state index contributed by atoms with van der Waals surface area (Å²) >= 11 is 0. The number of pyridine rings is 1. The van der Waals surface area contributed by atoms with Crippen molar-refractivity contribution in [2.24, 2.45) is 0 Å². The Morgan fingerprint density at radius 2 is 2.09 bits per heavy atom. The molecule has 1 unspecified atom stereocenters. The standard InChI is InChI=1S/C18H24N4O/c1-2-5-15(4-1)21-13-16-7-10-20-22(16)17(14-21)8-11-23-18-6-3-9-19-12-18/h3,6-7,9-10,12,15,17H,1-2,4-5,8,11,13-14H2. The number of fused-ring (bicyclic) bond motifs is 1. The van der Waals surface area contributed by atoms with E-state index < -0.39 is 0 Å². The lowest BCUT2D eigenvalue weighted by Crippen LogP contribution is -2.43. The minimum absolute atomic E-state index is 0.408. The summed E-state index contributed by atoms with van der Waals surface area (Å²) in [7, 11) is 0. The Kier molecular flexibility index (Phi) is 4.28. The summed E-state index contributed by atoms with van der Waals surface area (Å²) in [5, 5.41) is 4.55. The summed E-state index contributed by atoms with van der Waals surface area (Å²) in [6.45, 7) is 2.84. The topological polar surface area (TPSA) is 43.2 Å². The highest BCUT2D eigenvalue weighted by molar-refractivity contribution is 5.15. The fraction of sp³-hybridized carbons (Fsp3) is 0.556. The molecule has 1 fully saturated rings. The molecule has 2 aromatic heterocycles. The fourth-order valence-electron chi connectivity index (χ4n) is 3.92. The highest BCUT2D eigenvalue weighted by atomic mass is 16.5. The van der Waals surface area contributed by atoms with Crippen molar-refractivity contribution in [3.8, 4) is 5.75 Å². The van der Waals surface area contributed by atoms with Gasteiger partial charge in [-0.1, -0.05) is 12.8 Å². The van der Waals surface area contributed by atoms with Gasteiger partial charge in [0.2, 0.25) is 0 Å². The minimum atomic E-state index is 0.408. The van der Waals surface area contributed by atoms with E-state index in [-0.39, 0.29) is 0 Å². The van der Waals surface area contributed by atoms with Crippen molar-refractivity contribution in [1.29, 1.82) is 0 Å². The highest BCUT2D eigenvalue weighted by Gasteiger charge is 2.31. The van der Waals surface area contributed by atoms with Gasteiger partial charge in [0.25, 0.3) is 0 Å². The first kappa shape index (κ1) is 14.7. The highest BCUT2D eigenvalue weighted by Crippen LogP contribution is 2.30. The Labute approximate surface area is 137 Å². The molecule has 4 rings (SSSR count). The summed E-state index contributed by atoms with van der Waals surface area (Å²) in [5.41, 5.74) is 1.34. The van der Waals surface area contributed by atoms with Crippen LogP contribution in [0.25, 0.3) is 0 Å². The Bertz CT molecular complexity index is 621. The van der Waals surface area contributed by atoms with Crippen molar-refractivity contribution >= 4 is 0 Å². The molecule has 23 heavy (non-hydrogen) atoms. The largest absolute Gasteiger partial charge is 0.492 e. The van der Waals surface area contributed by atoms with Crippen molar-refractivity contribution in [3.05, 3.63) is 42.5 Å². The minimum Gasteiger partial charge on any atom is -0.492 e. The van der Waals surface area contributed by atoms with E-state index in [1.165, 1.54) is 31.4 Å². The second-order valence-corrected chi connectivity index (χ2v) is 6.61. The van der Waals surface area contributed by atoms with Crippen LogP contribution < -0.4 is 4.74 Å². The molecule has 2 aliphatic rings.